The highest BCUT2D eigenvalue weighted by Crippen LogP contribution is 2.26. The predicted octanol–water partition coefficient (Wildman–Crippen LogP) is 1.50. The average Bonchev–Trinajstić information content (AvgIpc) is 3.12. The van der Waals surface area contributed by atoms with E-state index < -0.39 is 33.9 Å². The zero-order chi connectivity index (χ0) is 19.7. The Morgan fingerprint density at radius 2 is 2.00 bits per heavy atom. The van der Waals surface area contributed by atoms with E-state index in [1.54, 1.807) is 38.1 Å². The second-order valence-electron chi connectivity index (χ2n) is 6.86. The molecule has 1 aromatic carbocycles. The number of hydrogen-bond acceptors (Lipinski definition) is 7. The van der Waals surface area contributed by atoms with E-state index in [9.17, 15) is 18.0 Å². The summed E-state index contributed by atoms with van der Waals surface area (Å²) in [7, 11) is -3.15. The molecule has 0 aliphatic carbocycles. The van der Waals surface area contributed by atoms with Crippen LogP contribution in [0.2, 0.25) is 0 Å². The van der Waals surface area contributed by atoms with Gasteiger partial charge in [0.1, 0.15) is 17.0 Å². The van der Waals surface area contributed by atoms with Gasteiger partial charge < -0.3 is 14.6 Å². The molecular weight excluding hydrogens is 372 g/mol. The number of sulfone groups is 1. The first-order valence-corrected chi connectivity index (χ1v) is 10.2. The first kappa shape index (κ1) is 19.1. The lowest BCUT2D eigenvalue weighted by molar-refractivity contribution is -0.125. The highest BCUT2D eigenvalue weighted by molar-refractivity contribution is 7.91. The highest BCUT2D eigenvalue weighted by atomic mass is 32.2. The summed E-state index contributed by atoms with van der Waals surface area (Å²) in [5, 5.41) is 6.54. The molecule has 27 heavy (non-hydrogen) atoms. The molecule has 1 amide bonds. The Kier molecular flexibility index (Phi) is 5.05. The molecule has 1 aromatic heterocycles. The maximum atomic E-state index is 12.4. The van der Waals surface area contributed by atoms with E-state index in [0.717, 1.165) is 0 Å². The molecule has 1 aliphatic rings. The molecule has 0 radical (unpaired) electrons. The van der Waals surface area contributed by atoms with Crippen LogP contribution >= 0.6 is 0 Å². The van der Waals surface area contributed by atoms with E-state index in [0.29, 0.717) is 17.7 Å². The Balaban J connectivity index is 1.65. The largest absolute Gasteiger partial charge is 0.452 e. The topological polar surface area (TPSA) is 116 Å². The molecule has 0 saturated carbocycles. The second-order valence-corrected chi connectivity index (χ2v) is 9.04. The summed E-state index contributed by atoms with van der Waals surface area (Å²) in [6, 6.07) is 9.00. The monoisotopic (exact) mass is 392 g/mol. The van der Waals surface area contributed by atoms with Crippen molar-refractivity contribution in [1.82, 2.24) is 10.5 Å². The fourth-order valence-corrected chi connectivity index (χ4v) is 5.18. The van der Waals surface area contributed by atoms with Crippen LogP contribution in [0.1, 0.15) is 29.5 Å². The van der Waals surface area contributed by atoms with E-state index in [1.807, 2.05) is 6.07 Å². The Labute approximate surface area is 156 Å². The molecule has 3 rings (SSSR count). The zero-order valence-corrected chi connectivity index (χ0v) is 15.8. The van der Waals surface area contributed by atoms with Crippen LogP contribution in [0.4, 0.5) is 0 Å². The molecule has 1 saturated heterocycles. The third kappa shape index (κ3) is 4.36. The predicted molar refractivity (Wildman–Crippen MR) is 96.8 cm³/mol. The number of aromatic nitrogens is 1. The van der Waals surface area contributed by atoms with Gasteiger partial charge in [-0.15, -0.1) is 0 Å². The Hall–Kier alpha value is -2.68. The summed E-state index contributed by atoms with van der Waals surface area (Å²) in [6.45, 7) is 2.72. The van der Waals surface area contributed by atoms with E-state index in [4.69, 9.17) is 9.26 Å². The number of amides is 1. The number of carbonyl (C=O) groups is 2. The van der Waals surface area contributed by atoms with Crippen LogP contribution in [0.15, 0.2) is 34.9 Å². The number of esters is 1. The third-order valence-electron chi connectivity index (χ3n) is 4.39. The van der Waals surface area contributed by atoms with Gasteiger partial charge in [-0.05, 0) is 20.3 Å². The fourth-order valence-electron chi connectivity index (χ4n) is 3.09. The van der Waals surface area contributed by atoms with E-state index in [1.165, 1.54) is 0 Å². The fraction of sp³-hybridized carbons (Fsp3) is 0.389. The molecule has 1 N–H and O–H groups in total. The molecule has 0 spiro atoms. The molecule has 1 unspecified atom stereocenters. The maximum absolute atomic E-state index is 12.4. The van der Waals surface area contributed by atoms with Crippen molar-refractivity contribution in [2.75, 3.05) is 18.1 Å². The van der Waals surface area contributed by atoms with Crippen molar-refractivity contribution >= 4 is 21.7 Å². The molecule has 9 heteroatoms. The lowest BCUT2D eigenvalue weighted by atomic mass is 10.0. The van der Waals surface area contributed by atoms with Gasteiger partial charge in [-0.2, -0.15) is 0 Å². The number of benzene rings is 1. The first-order chi connectivity index (χ1) is 12.7. The Morgan fingerprint density at radius 1 is 1.30 bits per heavy atom. The molecule has 1 fully saturated rings. The summed E-state index contributed by atoms with van der Waals surface area (Å²) >= 11 is 0. The molecule has 1 aliphatic heterocycles. The van der Waals surface area contributed by atoms with Gasteiger partial charge in [0.15, 0.2) is 16.4 Å². The van der Waals surface area contributed by atoms with E-state index in [2.05, 4.69) is 10.5 Å². The van der Waals surface area contributed by atoms with Gasteiger partial charge in [0.25, 0.3) is 5.91 Å². The summed E-state index contributed by atoms with van der Waals surface area (Å²) in [4.78, 5) is 24.6. The van der Waals surface area contributed by atoms with Crippen LogP contribution in [0, 0.1) is 6.92 Å². The lowest BCUT2D eigenvalue weighted by Gasteiger charge is -2.23. The SMILES string of the molecule is Cc1onc(-c2ccccc2)c1C(=O)OCC(=O)NC1(C)CCS(=O)(=O)C1. The van der Waals surface area contributed by atoms with Crippen LogP contribution < -0.4 is 5.32 Å². The highest BCUT2D eigenvalue weighted by Gasteiger charge is 2.39. The van der Waals surface area contributed by atoms with Crippen LogP contribution in [0.5, 0.6) is 0 Å². The first-order valence-electron chi connectivity index (χ1n) is 8.39. The number of carbonyl (C=O) groups excluding carboxylic acids is 2. The summed E-state index contributed by atoms with van der Waals surface area (Å²) in [6.07, 6.45) is 0.331. The molecule has 1 atom stereocenters. The Morgan fingerprint density at radius 3 is 2.63 bits per heavy atom. The summed E-state index contributed by atoms with van der Waals surface area (Å²) < 4.78 is 33.4. The van der Waals surface area contributed by atoms with Crippen molar-refractivity contribution in [1.29, 1.82) is 0 Å². The second kappa shape index (κ2) is 7.15. The van der Waals surface area contributed by atoms with Crippen molar-refractivity contribution in [3.63, 3.8) is 0 Å². The van der Waals surface area contributed by atoms with Crippen LogP contribution in [-0.4, -0.2) is 49.1 Å². The van der Waals surface area contributed by atoms with Gasteiger partial charge in [-0.25, -0.2) is 13.2 Å². The zero-order valence-electron chi connectivity index (χ0n) is 15.0. The molecule has 0 bridgehead atoms. The van der Waals surface area contributed by atoms with Crippen LogP contribution in [-0.2, 0) is 19.4 Å². The van der Waals surface area contributed by atoms with Gasteiger partial charge >= 0.3 is 5.97 Å². The van der Waals surface area contributed by atoms with Crippen molar-refractivity contribution < 1.29 is 27.3 Å². The number of hydrogen-bond donors (Lipinski definition) is 1. The van der Waals surface area contributed by atoms with Gasteiger partial charge in [0.2, 0.25) is 0 Å². The molecule has 144 valence electrons. The van der Waals surface area contributed by atoms with E-state index >= 15 is 0 Å². The quantitative estimate of drug-likeness (QED) is 0.767. The maximum Gasteiger partial charge on any atom is 0.344 e. The summed E-state index contributed by atoms with van der Waals surface area (Å²) in [5.41, 5.74) is 0.343. The molecule has 2 aromatic rings. The summed E-state index contributed by atoms with van der Waals surface area (Å²) in [5.74, 6) is -1.09. The minimum atomic E-state index is -3.15. The van der Waals surface area contributed by atoms with Gasteiger partial charge in [0.05, 0.1) is 17.0 Å². The minimum Gasteiger partial charge on any atom is -0.452 e. The van der Waals surface area contributed by atoms with Gasteiger partial charge in [0, 0.05) is 5.56 Å². The van der Waals surface area contributed by atoms with Crippen molar-refractivity contribution in [2.45, 2.75) is 25.8 Å². The number of nitrogens with one attached hydrogen (secondary N) is 1. The smallest absolute Gasteiger partial charge is 0.344 e. The van der Waals surface area contributed by atoms with Gasteiger partial charge in [-0.1, -0.05) is 35.5 Å². The third-order valence-corrected chi connectivity index (χ3v) is 6.30. The standard InChI is InChI=1S/C18H20N2O6S/c1-12-15(16(20-26-12)13-6-4-3-5-7-13)17(22)25-10-14(21)19-18(2)8-9-27(23,24)11-18/h3-7H,8-11H2,1-2H3,(H,19,21). The van der Waals surface area contributed by atoms with Crippen molar-refractivity contribution in [2.24, 2.45) is 0 Å². The Bertz CT molecular complexity index is 967. The molecule has 8 nitrogen and oxygen atoms in total. The minimum absolute atomic E-state index is 0.0316. The number of nitrogens with zero attached hydrogens (tertiary/aromatic N) is 1. The van der Waals surface area contributed by atoms with Crippen LogP contribution in [0.3, 0.4) is 0 Å². The normalized spacial score (nSPS) is 21.0. The van der Waals surface area contributed by atoms with Gasteiger partial charge in [-0.3, -0.25) is 4.79 Å². The molecule has 2 heterocycles. The van der Waals surface area contributed by atoms with Crippen molar-refractivity contribution in [3.8, 4) is 11.3 Å². The number of aryl methyl sites for hydroxylation is 1. The van der Waals surface area contributed by atoms with Crippen molar-refractivity contribution in [3.05, 3.63) is 41.7 Å². The molecular formula is C18H20N2O6S. The number of rotatable bonds is 5. The number of ether oxygens (including phenoxy) is 1. The van der Waals surface area contributed by atoms with Crippen LogP contribution in [0.25, 0.3) is 11.3 Å². The lowest BCUT2D eigenvalue weighted by Crippen LogP contribution is -2.48. The average molecular weight is 392 g/mol. The van der Waals surface area contributed by atoms with E-state index in [-0.39, 0.29) is 22.8 Å².